The number of carbonyl (C=O) groups excluding carboxylic acids is 2. The second-order valence-electron chi connectivity index (χ2n) is 8.76. The van der Waals surface area contributed by atoms with Gasteiger partial charge in [-0.25, -0.2) is 12.8 Å². The van der Waals surface area contributed by atoms with Gasteiger partial charge in [0.2, 0.25) is 21.8 Å². The van der Waals surface area contributed by atoms with Gasteiger partial charge in [-0.3, -0.25) is 13.9 Å². The van der Waals surface area contributed by atoms with Crippen LogP contribution in [0, 0.1) is 5.82 Å². The van der Waals surface area contributed by atoms with E-state index in [9.17, 15) is 22.4 Å². The van der Waals surface area contributed by atoms with Crippen LogP contribution in [0.1, 0.15) is 45.6 Å². The van der Waals surface area contributed by atoms with Gasteiger partial charge in [-0.1, -0.05) is 31.2 Å². The number of sulfonamides is 1. The van der Waals surface area contributed by atoms with Crippen molar-refractivity contribution in [2.45, 2.75) is 58.7 Å². The first-order valence-electron chi connectivity index (χ1n) is 11.9. The maximum Gasteiger partial charge on any atom is 0.242 e. The van der Waals surface area contributed by atoms with Crippen molar-refractivity contribution in [2.75, 3.05) is 24.2 Å². The van der Waals surface area contributed by atoms with E-state index in [4.69, 9.17) is 4.74 Å². The highest BCUT2D eigenvalue weighted by atomic mass is 32.2. The van der Waals surface area contributed by atoms with Crippen molar-refractivity contribution in [1.29, 1.82) is 0 Å². The topological polar surface area (TPSA) is 96.0 Å². The quantitative estimate of drug-likeness (QED) is 0.434. The van der Waals surface area contributed by atoms with Crippen LogP contribution in [-0.2, 0) is 26.2 Å². The van der Waals surface area contributed by atoms with Gasteiger partial charge in [0.15, 0.2) is 0 Å². The highest BCUT2D eigenvalue weighted by Crippen LogP contribution is 2.22. The minimum atomic E-state index is -3.77. The number of hydrogen-bond acceptors (Lipinski definition) is 5. The Morgan fingerprint density at radius 2 is 1.81 bits per heavy atom. The molecule has 0 saturated carbocycles. The highest BCUT2D eigenvalue weighted by molar-refractivity contribution is 7.92. The number of amides is 2. The van der Waals surface area contributed by atoms with Gasteiger partial charge in [0.25, 0.3) is 0 Å². The van der Waals surface area contributed by atoms with Gasteiger partial charge in [0.05, 0.1) is 19.1 Å². The van der Waals surface area contributed by atoms with E-state index in [0.717, 1.165) is 22.5 Å². The van der Waals surface area contributed by atoms with Crippen molar-refractivity contribution in [3.05, 3.63) is 59.9 Å². The number of methoxy groups -OCH3 is 1. The van der Waals surface area contributed by atoms with Crippen LogP contribution in [0.5, 0.6) is 5.75 Å². The van der Waals surface area contributed by atoms with E-state index in [1.807, 2.05) is 19.9 Å². The summed E-state index contributed by atoms with van der Waals surface area (Å²) in [6, 6.07) is 12.0. The third-order valence-electron chi connectivity index (χ3n) is 5.93. The van der Waals surface area contributed by atoms with Gasteiger partial charge < -0.3 is 15.0 Å². The van der Waals surface area contributed by atoms with Gasteiger partial charge in [0, 0.05) is 25.6 Å². The Bertz CT molecular complexity index is 1140. The van der Waals surface area contributed by atoms with Crippen LogP contribution >= 0.6 is 0 Å². The van der Waals surface area contributed by atoms with Crippen molar-refractivity contribution < 1.29 is 27.1 Å². The number of hydrogen-bond donors (Lipinski definition) is 1. The van der Waals surface area contributed by atoms with E-state index in [0.29, 0.717) is 5.75 Å². The predicted octanol–water partition coefficient (Wildman–Crippen LogP) is 3.71. The van der Waals surface area contributed by atoms with Crippen molar-refractivity contribution in [1.82, 2.24) is 10.2 Å². The Morgan fingerprint density at radius 1 is 1.11 bits per heavy atom. The zero-order valence-corrected chi connectivity index (χ0v) is 22.3. The molecule has 0 spiro atoms. The monoisotopic (exact) mass is 521 g/mol. The van der Waals surface area contributed by atoms with Crippen molar-refractivity contribution >= 4 is 27.5 Å². The molecule has 2 rings (SSSR count). The summed E-state index contributed by atoms with van der Waals surface area (Å²) in [6.07, 6.45) is 1.87. The molecule has 36 heavy (non-hydrogen) atoms. The molecule has 0 aliphatic carbocycles. The summed E-state index contributed by atoms with van der Waals surface area (Å²) >= 11 is 0. The fourth-order valence-corrected chi connectivity index (χ4v) is 4.62. The molecular weight excluding hydrogens is 485 g/mol. The first-order chi connectivity index (χ1) is 17.0. The third kappa shape index (κ3) is 8.22. The van der Waals surface area contributed by atoms with Crippen LogP contribution in [0.3, 0.4) is 0 Å². The molecule has 2 aromatic carbocycles. The molecule has 0 heterocycles. The maximum absolute atomic E-state index is 14.3. The molecule has 1 N–H and O–H groups in total. The Kier molecular flexibility index (Phi) is 10.7. The summed E-state index contributed by atoms with van der Waals surface area (Å²) in [6.45, 7) is 5.61. The first kappa shape index (κ1) is 29.1. The standard InChI is InChI=1S/C26H36FN3O5S/c1-6-19(2)28-26(32)20(3)29(18-21-11-9-12-22(17-21)35-4)25(31)15-10-16-30(36(5,33)34)24-14-8-7-13-23(24)27/h7-9,11-14,17,19-20H,6,10,15-16,18H2,1-5H3,(H,28,32)/t19-,20-/m0/s1. The summed E-state index contributed by atoms with van der Waals surface area (Å²) in [4.78, 5) is 27.6. The molecule has 0 saturated heterocycles. The largest absolute Gasteiger partial charge is 0.497 e. The van der Waals surface area contributed by atoms with Gasteiger partial charge >= 0.3 is 0 Å². The Balaban J connectivity index is 2.20. The number of nitrogens with one attached hydrogen (secondary N) is 1. The molecule has 0 fully saturated rings. The summed E-state index contributed by atoms with van der Waals surface area (Å²) in [5.41, 5.74) is 0.719. The second-order valence-corrected chi connectivity index (χ2v) is 10.7. The summed E-state index contributed by atoms with van der Waals surface area (Å²) in [5, 5.41) is 2.91. The zero-order valence-electron chi connectivity index (χ0n) is 21.5. The van der Waals surface area contributed by atoms with Crippen molar-refractivity contribution in [3.63, 3.8) is 0 Å². The van der Waals surface area contributed by atoms with Gasteiger partial charge in [0.1, 0.15) is 17.6 Å². The van der Waals surface area contributed by atoms with Gasteiger partial charge in [-0.05, 0) is 56.5 Å². The molecule has 2 amide bonds. The summed E-state index contributed by atoms with van der Waals surface area (Å²) in [5.74, 6) is -0.620. The molecule has 198 valence electrons. The lowest BCUT2D eigenvalue weighted by molar-refractivity contribution is -0.140. The van der Waals surface area contributed by atoms with Crippen LogP contribution in [0.2, 0.25) is 0 Å². The molecule has 0 bridgehead atoms. The number of carbonyl (C=O) groups is 2. The smallest absolute Gasteiger partial charge is 0.242 e. The van der Waals surface area contributed by atoms with Crippen LogP contribution in [0.15, 0.2) is 48.5 Å². The van der Waals surface area contributed by atoms with Gasteiger partial charge in [-0.2, -0.15) is 0 Å². The lowest BCUT2D eigenvalue weighted by atomic mass is 10.1. The zero-order chi connectivity index (χ0) is 26.9. The average molecular weight is 522 g/mol. The fraction of sp³-hybridized carbons (Fsp3) is 0.462. The Labute approximate surface area is 213 Å². The van der Waals surface area contributed by atoms with E-state index >= 15 is 0 Å². The minimum absolute atomic E-state index is 0.0224. The maximum atomic E-state index is 14.3. The number of para-hydroxylation sites is 1. The Morgan fingerprint density at radius 3 is 2.42 bits per heavy atom. The van der Waals surface area contributed by atoms with E-state index in [-0.39, 0.29) is 49.5 Å². The van der Waals surface area contributed by atoms with E-state index < -0.39 is 21.9 Å². The summed E-state index contributed by atoms with van der Waals surface area (Å²) < 4.78 is 45.2. The van der Waals surface area contributed by atoms with Crippen LogP contribution in [0.25, 0.3) is 0 Å². The molecule has 0 radical (unpaired) electrons. The lowest BCUT2D eigenvalue weighted by Crippen LogP contribution is -2.49. The molecule has 8 nitrogen and oxygen atoms in total. The highest BCUT2D eigenvalue weighted by Gasteiger charge is 2.27. The van der Waals surface area contributed by atoms with Crippen LogP contribution in [0.4, 0.5) is 10.1 Å². The number of halogens is 1. The van der Waals surface area contributed by atoms with Gasteiger partial charge in [-0.15, -0.1) is 0 Å². The van der Waals surface area contributed by atoms with E-state index in [2.05, 4.69) is 5.32 Å². The molecule has 0 aliphatic rings. The number of anilines is 1. The Hall–Kier alpha value is -3.14. The number of ether oxygens (including phenoxy) is 1. The van der Waals surface area contributed by atoms with Crippen LogP contribution in [-0.4, -0.2) is 57.1 Å². The van der Waals surface area contributed by atoms with E-state index in [1.165, 1.54) is 23.1 Å². The molecular formula is C26H36FN3O5S. The normalized spacial score (nSPS) is 12.9. The molecule has 10 heteroatoms. The predicted molar refractivity (Wildman–Crippen MR) is 139 cm³/mol. The lowest BCUT2D eigenvalue weighted by Gasteiger charge is -2.30. The molecule has 0 unspecified atom stereocenters. The number of nitrogens with zero attached hydrogens (tertiary/aromatic N) is 2. The number of rotatable bonds is 13. The first-order valence-corrected chi connectivity index (χ1v) is 13.8. The fourth-order valence-electron chi connectivity index (χ4n) is 3.65. The third-order valence-corrected chi connectivity index (χ3v) is 7.11. The van der Waals surface area contributed by atoms with E-state index in [1.54, 1.807) is 38.3 Å². The average Bonchev–Trinajstić information content (AvgIpc) is 2.84. The van der Waals surface area contributed by atoms with Crippen molar-refractivity contribution in [3.8, 4) is 5.75 Å². The number of benzene rings is 2. The SMILES string of the molecule is CC[C@H](C)NC(=O)[C@H](C)N(Cc1cccc(OC)c1)C(=O)CCCN(c1ccccc1F)S(C)(=O)=O. The van der Waals surface area contributed by atoms with Crippen molar-refractivity contribution in [2.24, 2.45) is 0 Å². The molecule has 0 aliphatic heterocycles. The minimum Gasteiger partial charge on any atom is -0.497 e. The molecule has 2 atom stereocenters. The summed E-state index contributed by atoms with van der Waals surface area (Å²) in [7, 11) is -2.22. The molecule has 2 aromatic rings. The second kappa shape index (κ2) is 13.2. The van der Waals surface area contributed by atoms with Crippen LogP contribution < -0.4 is 14.4 Å². The molecule has 0 aromatic heterocycles.